The maximum Gasteiger partial charge on any atom is 0.248 e. The first-order valence-corrected chi connectivity index (χ1v) is 10.7. The van der Waals surface area contributed by atoms with Gasteiger partial charge in [-0.3, -0.25) is 4.79 Å². The van der Waals surface area contributed by atoms with Crippen LogP contribution in [0.5, 0.6) is 0 Å². The molecule has 28 heavy (non-hydrogen) atoms. The normalized spacial score (nSPS) is 26.5. The van der Waals surface area contributed by atoms with Gasteiger partial charge < -0.3 is 11.1 Å². The highest BCUT2D eigenvalue weighted by molar-refractivity contribution is 5.93. The van der Waals surface area contributed by atoms with Crippen LogP contribution in [0.3, 0.4) is 0 Å². The lowest BCUT2D eigenvalue weighted by atomic mass is 9.68. The minimum atomic E-state index is -2.75. The average Bonchev–Trinajstić information content (AvgIpc) is 2.90. The van der Waals surface area contributed by atoms with Crippen molar-refractivity contribution in [1.29, 1.82) is 0 Å². The van der Waals surface area contributed by atoms with Crippen molar-refractivity contribution in [2.75, 3.05) is 5.32 Å². The van der Waals surface area contributed by atoms with Crippen LogP contribution in [0, 0.1) is 17.8 Å². The Kier molecular flexibility index (Phi) is 6.43. The van der Waals surface area contributed by atoms with Gasteiger partial charge in [-0.15, -0.1) is 0 Å². The molecule has 2 aliphatic carbocycles. The number of rotatable bonds is 4. The molecule has 0 heterocycles. The molecule has 2 fully saturated rings. The van der Waals surface area contributed by atoms with Crippen molar-refractivity contribution in [1.82, 2.24) is 0 Å². The van der Waals surface area contributed by atoms with Gasteiger partial charge in [0.25, 0.3) is 0 Å². The number of halogens is 2. The number of hydrogen-bond donors (Lipinski definition) is 2. The third kappa shape index (κ3) is 5.31. The van der Waals surface area contributed by atoms with Crippen LogP contribution in [-0.4, -0.2) is 11.8 Å². The Labute approximate surface area is 167 Å². The Morgan fingerprint density at radius 1 is 1.14 bits per heavy atom. The molecule has 3 nitrogen and oxygen atoms in total. The van der Waals surface area contributed by atoms with E-state index in [9.17, 15) is 13.6 Å². The smallest absolute Gasteiger partial charge is 0.248 e. The quantitative estimate of drug-likeness (QED) is 0.632. The van der Waals surface area contributed by atoms with Gasteiger partial charge in [-0.05, 0) is 49.8 Å². The molecule has 2 atom stereocenters. The summed E-state index contributed by atoms with van der Waals surface area (Å²) in [5.41, 5.74) is 7.17. The number of benzene rings is 1. The van der Waals surface area contributed by atoms with Crippen molar-refractivity contribution in [3.05, 3.63) is 29.8 Å². The summed E-state index contributed by atoms with van der Waals surface area (Å²) in [5, 5.41) is 2.92. The molecule has 2 saturated carbocycles. The molecule has 3 N–H and O–H groups in total. The molecule has 1 aromatic rings. The van der Waals surface area contributed by atoms with Gasteiger partial charge in [-0.25, -0.2) is 8.78 Å². The summed E-state index contributed by atoms with van der Waals surface area (Å²) in [5.74, 6) is -3.18. The third-order valence-corrected chi connectivity index (χ3v) is 6.60. The fourth-order valence-corrected chi connectivity index (χ4v) is 4.98. The second kappa shape index (κ2) is 8.48. The lowest BCUT2D eigenvalue weighted by Crippen LogP contribution is -2.42. The first-order chi connectivity index (χ1) is 13.2. The zero-order valence-corrected chi connectivity index (χ0v) is 17.1. The largest absolute Gasteiger partial charge is 0.326 e. The zero-order chi connectivity index (χ0) is 20.4. The van der Waals surface area contributed by atoms with E-state index in [-0.39, 0.29) is 24.7 Å². The first kappa shape index (κ1) is 21.2. The number of amides is 1. The first-order valence-electron chi connectivity index (χ1n) is 10.7. The van der Waals surface area contributed by atoms with E-state index < -0.39 is 17.4 Å². The molecule has 0 radical (unpaired) electrons. The molecular formula is C23H34F2N2O. The van der Waals surface area contributed by atoms with Crippen LogP contribution in [0.1, 0.15) is 77.2 Å². The van der Waals surface area contributed by atoms with E-state index in [2.05, 4.69) is 5.32 Å². The summed E-state index contributed by atoms with van der Waals surface area (Å²) in [7, 11) is 0. The molecule has 156 valence electrons. The number of alkyl halides is 2. The van der Waals surface area contributed by atoms with Gasteiger partial charge in [0.05, 0.1) is 0 Å². The summed E-state index contributed by atoms with van der Waals surface area (Å²) in [4.78, 5) is 13.1. The molecule has 3 rings (SSSR count). The Hall–Kier alpha value is -1.49. The van der Waals surface area contributed by atoms with Crippen LogP contribution >= 0.6 is 0 Å². The number of nitrogens with one attached hydrogen (secondary N) is 1. The summed E-state index contributed by atoms with van der Waals surface area (Å²) < 4.78 is 28.4. The van der Waals surface area contributed by atoms with Crippen LogP contribution in [0.4, 0.5) is 14.5 Å². The monoisotopic (exact) mass is 392 g/mol. The van der Waals surface area contributed by atoms with E-state index in [1.165, 1.54) is 12.8 Å². The van der Waals surface area contributed by atoms with E-state index in [0.29, 0.717) is 18.0 Å². The maximum atomic E-state index is 14.2. The molecule has 2 unspecified atom stereocenters. The van der Waals surface area contributed by atoms with E-state index in [0.717, 1.165) is 31.2 Å². The van der Waals surface area contributed by atoms with Crippen LogP contribution in [0.2, 0.25) is 0 Å². The predicted molar refractivity (Wildman–Crippen MR) is 109 cm³/mol. The maximum absolute atomic E-state index is 14.2. The Morgan fingerprint density at radius 2 is 1.82 bits per heavy atom. The number of carbonyl (C=O) groups excluding carboxylic acids is 1. The van der Waals surface area contributed by atoms with Crippen LogP contribution in [-0.2, 0) is 10.3 Å². The van der Waals surface area contributed by atoms with Gasteiger partial charge >= 0.3 is 0 Å². The molecule has 1 amide bonds. The molecule has 0 bridgehead atoms. The number of nitrogens with two attached hydrogens (primary N) is 1. The molecule has 1 aromatic carbocycles. The third-order valence-electron chi connectivity index (χ3n) is 6.60. The Bertz CT molecular complexity index is 675. The van der Waals surface area contributed by atoms with Crippen LogP contribution < -0.4 is 11.1 Å². The van der Waals surface area contributed by atoms with Gasteiger partial charge in [-0.1, -0.05) is 50.7 Å². The molecule has 5 heteroatoms. The van der Waals surface area contributed by atoms with E-state index in [1.807, 2.05) is 32.0 Å². The van der Waals surface area contributed by atoms with Crippen LogP contribution in [0.25, 0.3) is 0 Å². The summed E-state index contributed by atoms with van der Waals surface area (Å²) >= 11 is 0. The van der Waals surface area contributed by atoms with Crippen molar-refractivity contribution in [3.8, 4) is 0 Å². The van der Waals surface area contributed by atoms with Crippen molar-refractivity contribution in [2.24, 2.45) is 23.5 Å². The van der Waals surface area contributed by atoms with E-state index >= 15 is 0 Å². The van der Waals surface area contributed by atoms with Crippen molar-refractivity contribution in [3.63, 3.8) is 0 Å². The van der Waals surface area contributed by atoms with Crippen LogP contribution in [0.15, 0.2) is 24.3 Å². The lowest BCUT2D eigenvalue weighted by Gasteiger charge is -2.39. The van der Waals surface area contributed by atoms with E-state index in [4.69, 9.17) is 5.73 Å². The SMILES string of the molecule is CC(C)(N)c1cccc(NC(=O)C2CC(F)(F)CCC2C2CCCCCC2)c1. The number of carbonyl (C=O) groups is 1. The molecular weight excluding hydrogens is 358 g/mol. The fraction of sp³-hybridized carbons (Fsp3) is 0.696. The highest BCUT2D eigenvalue weighted by atomic mass is 19.3. The van der Waals surface area contributed by atoms with Crippen molar-refractivity contribution >= 4 is 11.6 Å². The van der Waals surface area contributed by atoms with Gasteiger partial charge in [0.2, 0.25) is 11.8 Å². The standard InChI is InChI=1S/C23H34F2N2O/c1-22(2,26)17-10-7-11-18(14-17)27-21(28)20-15-23(24,25)13-12-19(20)16-8-5-3-4-6-9-16/h7,10-11,14,16,19-20H,3-6,8-9,12-13,15,26H2,1-2H3,(H,27,28). The summed E-state index contributed by atoms with van der Waals surface area (Å²) in [6, 6.07) is 7.41. The molecule has 0 saturated heterocycles. The number of hydrogen-bond acceptors (Lipinski definition) is 2. The predicted octanol–water partition coefficient (Wildman–Crippen LogP) is 5.84. The second-order valence-corrected chi connectivity index (χ2v) is 9.41. The second-order valence-electron chi connectivity index (χ2n) is 9.41. The minimum Gasteiger partial charge on any atom is -0.326 e. The van der Waals surface area contributed by atoms with Gasteiger partial charge in [0, 0.05) is 30.0 Å². The van der Waals surface area contributed by atoms with Crippen molar-refractivity contribution in [2.45, 2.75) is 83.1 Å². The lowest BCUT2D eigenvalue weighted by molar-refractivity contribution is -0.134. The summed E-state index contributed by atoms with van der Waals surface area (Å²) in [6.07, 6.45) is 6.91. The van der Waals surface area contributed by atoms with Gasteiger partial charge in [0.1, 0.15) is 0 Å². The molecule has 0 spiro atoms. The topological polar surface area (TPSA) is 55.1 Å². The Morgan fingerprint density at radius 3 is 2.46 bits per heavy atom. The molecule has 0 aromatic heterocycles. The molecule has 0 aliphatic heterocycles. The van der Waals surface area contributed by atoms with Crippen molar-refractivity contribution < 1.29 is 13.6 Å². The Balaban J connectivity index is 1.77. The number of anilines is 1. The van der Waals surface area contributed by atoms with Gasteiger partial charge in [-0.2, -0.15) is 0 Å². The highest BCUT2D eigenvalue weighted by Gasteiger charge is 2.46. The van der Waals surface area contributed by atoms with Gasteiger partial charge in [0.15, 0.2) is 0 Å². The summed E-state index contributed by atoms with van der Waals surface area (Å²) in [6.45, 7) is 3.80. The fourth-order valence-electron chi connectivity index (χ4n) is 4.98. The highest BCUT2D eigenvalue weighted by Crippen LogP contribution is 2.46. The average molecular weight is 393 g/mol. The zero-order valence-electron chi connectivity index (χ0n) is 17.1. The van der Waals surface area contributed by atoms with E-state index in [1.54, 1.807) is 6.07 Å². The minimum absolute atomic E-state index is 0.0619. The molecule has 2 aliphatic rings.